The van der Waals surface area contributed by atoms with E-state index in [0.717, 1.165) is 64.2 Å². The third-order valence-electron chi connectivity index (χ3n) is 6.84. The molecule has 1 spiro atoms. The highest BCUT2D eigenvalue weighted by Crippen LogP contribution is 2.42. The fourth-order valence-corrected chi connectivity index (χ4v) is 4.92. The lowest BCUT2D eigenvalue weighted by Gasteiger charge is -2.47. The minimum absolute atomic E-state index is 0.0521. The molecule has 5 nitrogen and oxygen atoms in total. The molecular weight excluding hydrogens is 304 g/mol. The lowest BCUT2D eigenvalue weighted by atomic mass is 9.71. The molecule has 0 radical (unpaired) electrons. The van der Waals surface area contributed by atoms with Crippen molar-refractivity contribution in [2.24, 2.45) is 17.3 Å². The number of carbonyl (C=O) groups is 2. The average molecular weight is 334 g/mol. The summed E-state index contributed by atoms with van der Waals surface area (Å²) in [4.78, 5) is 29.8. The molecule has 1 saturated carbocycles. The van der Waals surface area contributed by atoms with E-state index in [1.165, 1.54) is 19.3 Å². The Hall–Kier alpha value is -1.10. The third kappa shape index (κ3) is 2.96. The third-order valence-corrected chi connectivity index (χ3v) is 6.84. The van der Waals surface area contributed by atoms with Crippen LogP contribution in [0.3, 0.4) is 0 Å². The van der Waals surface area contributed by atoms with Gasteiger partial charge in [-0.3, -0.25) is 9.59 Å². The van der Waals surface area contributed by atoms with Gasteiger partial charge in [-0.15, -0.1) is 0 Å². The van der Waals surface area contributed by atoms with Crippen molar-refractivity contribution in [2.75, 3.05) is 39.4 Å². The Bertz CT molecular complexity index is 489. The molecule has 4 aliphatic rings. The van der Waals surface area contributed by atoms with Gasteiger partial charge in [-0.05, 0) is 50.9 Å². The lowest BCUT2D eigenvalue weighted by molar-refractivity contribution is -0.154. The predicted octanol–water partition coefficient (Wildman–Crippen LogP) is 2.05. The smallest absolute Gasteiger partial charge is 0.228 e. The summed E-state index contributed by atoms with van der Waals surface area (Å²) in [6.07, 6.45) is 8.63. The minimum atomic E-state index is -0.176. The summed E-state index contributed by atoms with van der Waals surface area (Å²) in [5, 5.41) is 0. The lowest BCUT2D eigenvalue weighted by Crippen LogP contribution is -2.55. The number of likely N-dealkylation sites (tertiary alicyclic amines) is 2. The second-order valence-electron chi connectivity index (χ2n) is 8.32. The van der Waals surface area contributed by atoms with Gasteiger partial charge in [-0.25, -0.2) is 0 Å². The molecular formula is C19H30N2O3. The number of hydrogen-bond donors (Lipinski definition) is 0. The van der Waals surface area contributed by atoms with E-state index in [4.69, 9.17) is 4.74 Å². The van der Waals surface area contributed by atoms with E-state index in [9.17, 15) is 9.59 Å². The van der Waals surface area contributed by atoms with E-state index >= 15 is 0 Å². The zero-order valence-corrected chi connectivity index (χ0v) is 14.7. The van der Waals surface area contributed by atoms with Crippen molar-refractivity contribution in [2.45, 2.75) is 51.4 Å². The normalized spacial score (nSPS) is 30.7. The second kappa shape index (κ2) is 6.66. The molecule has 0 aromatic carbocycles. The number of piperidine rings is 2. The Balaban J connectivity index is 1.35. The van der Waals surface area contributed by atoms with Gasteiger partial charge in [0, 0.05) is 32.8 Å². The Labute approximate surface area is 144 Å². The maximum absolute atomic E-state index is 13.1. The van der Waals surface area contributed by atoms with E-state index in [1.54, 1.807) is 0 Å². The quantitative estimate of drug-likeness (QED) is 0.794. The molecule has 1 atom stereocenters. The molecule has 3 saturated heterocycles. The molecule has 1 aliphatic carbocycles. The van der Waals surface area contributed by atoms with Crippen LogP contribution in [0.1, 0.15) is 51.4 Å². The summed E-state index contributed by atoms with van der Waals surface area (Å²) in [6, 6.07) is 0. The first-order valence-corrected chi connectivity index (χ1v) is 9.84. The molecule has 3 aliphatic heterocycles. The van der Waals surface area contributed by atoms with Crippen molar-refractivity contribution < 1.29 is 14.3 Å². The van der Waals surface area contributed by atoms with Crippen LogP contribution in [0.4, 0.5) is 0 Å². The fraction of sp³-hybridized carbons (Fsp3) is 0.895. The van der Waals surface area contributed by atoms with E-state index < -0.39 is 0 Å². The van der Waals surface area contributed by atoms with Crippen molar-refractivity contribution in [1.29, 1.82) is 0 Å². The SMILES string of the molecule is O=C(C1CCOC1)N1CCC2(CCCN(CC3CCC3)C2=O)CC1. The van der Waals surface area contributed by atoms with Gasteiger partial charge < -0.3 is 14.5 Å². The van der Waals surface area contributed by atoms with Crippen molar-refractivity contribution in [3.8, 4) is 0 Å². The minimum Gasteiger partial charge on any atom is -0.381 e. The Morgan fingerprint density at radius 2 is 1.88 bits per heavy atom. The van der Waals surface area contributed by atoms with E-state index in [2.05, 4.69) is 4.90 Å². The van der Waals surface area contributed by atoms with Crippen LogP contribution in [0.5, 0.6) is 0 Å². The molecule has 2 amide bonds. The highest BCUT2D eigenvalue weighted by atomic mass is 16.5. The van der Waals surface area contributed by atoms with Crippen LogP contribution in [0.15, 0.2) is 0 Å². The van der Waals surface area contributed by atoms with Gasteiger partial charge in [0.2, 0.25) is 11.8 Å². The number of carbonyl (C=O) groups excluding carboxylic acids is 2. The average Bonchev–Trinajstić information content (AvgIpc) is 3.09. The van der Waals surface area contributed by atoms with Crippen molar-refractivity contribution in [3.63, 3.8) is 0 Å². The summed E-state index contributed by atoms with van der Waals surface area (Å²) >= 11 is 0. The molecule has 134 valence electrons. The first-order valence-electron chi connectivity index (χ1n) is 9.84. The van der Waals surface area contributed by atoms with Crippen molar-refractivity contribution in [3.05, 3.63) is 0 Å². The maximum atomic E-state index is 13.1. The van der Waals surface area contributed by atoms with Crippen molar-refractivity contribution in [1.82, 2.24) is 9.80 Å². The Kier molecular flexibility index (Phi) is 4.54. The van der Waals surface area contributed by atoms with Crippen LogP contribution in [-0.2, 0) is 14.3 Å². The maximum Gasteiger partial charge on any atom is 0.228 e. The van der Waals surface area contributed by atoms with Crippen LogP contribution in [-0.4, -0.2) is 61.0 Å². The highest BCUT2D eigenvalue weighted by Gasteiger charge is 2.47. The summed E-state index contributed by atoms with van der Waals surface area (Å²) in [6.45, 7) is 4.70. The standard InChI is InChI=1S/C19H30N2O3/c22-17(16-5-12-24-14-16)20-10-7-19(8-11-20)6-2-9-21(18(19)23)13-15-3-1-4-15/h15-16H,1-14H2. The van der Waals surface area contributed by atoms with Crippen LogP contribution >= 0.6 is 0 Å². The van der Waals surface area contributed by atoms with E-state index in [1.807, 2.05) is 4.90 Å². The fourth-order valence-electron chi connectivity index (χ4n) is 4.92. The van der Waals surface area contributed by atoms with E-state index in [-0.39, 0.29) is 17.2 Å². The molecule has 4 rings (SSSR count). The Morgan fingerprint density at radius 1 is 1.08 bits per heavy atom. The molecule has 24 heavy (non-hydrogen) atoms. The first-order chi connectivity index (χ1) is 11.7. The topological polar surface area (TPSA) is 49.9 Å². The van der Waals surface area contributed by atoms with Gasteiger partial charge >= 0.3 is 0 Å². The molecule has 4 fully saturated rings. The summed E-state index contributed by atoms with van der Waals surface area (Å²) in [7, 11) is 0. The molecule has 5 heteroatoms. The number of nitrogens with zero attached hydrogens (tertiary/aromatic N) is 2. The van der Waals surface area contributed by atoms with E-state index in [0.29, 0.717) is 19.1 Å². The number of hydrogen-bond acceptors (Lipinski definition) is 3. The zero-order valence-electron chi connectivity index (χ0n) is 14.7. The van der Waals surface area contributed by atoms with Gasteiger partial charge in [0.25, 0.3) is 0 Å². The number of rotatable bonds is 3. The molecule has 3 heterocycles. The molecule has 0 aromatic rings. The highest BCUT2D eigenvalue weighted by molar-refractivity contribution is 5.84. The van der Waals surface area contributed by atoms with Crippen LogP contribution in [0.25, 0.3) is 0 Å². The number of ether oxygens (including phenoxy) is 1. The molecule has 0 N–H and O–H groups in total. The molecule has 1 unspecified atom stereocenters. The van der Waals surface area contributed by atoms with Gasteiger partial charge in [-0.1, -0.05) is 6.42 Å². The Morgan fingerprint density at radius 3 is 2.50 bits per heavy atom. The zero-order chi connectivity index (χ0) is 16.6. The van der Waals surface area contributed by atoms with Gasteiger partial charge in [0.05, 0.1) is 17.9 Å². The van der Waals surface area contributed by atoms with Gasteiger partial charge in [-0.2, -0.15) is 0 Å². The summed E-state index contributed by atoms with van der Waals surface area (Å²) in [5.41, 5.74) is -0.176. The van der Waals surface area contributed by atoms with Gasteiger partial charge in [0.1, 0.15) is 0 Å². The largest absolute Gasteiger partial charge is 0.381 e. The first kappa shape index (κ1) is 16.4. The molecule has 0 aromatic heterocycles. The molecule has 0 bridgehead atoms. The summed E-state index contributed by atoms with van der Waals surface area (Å²) in [5.74, 6) is 1.43. The van der Waals surface area contributed by atoms with Gasteiger partial charge in [0.15, 0.2) is 0 Å². The monoisotopic (exact) mass is 334 g/mol. The van der Waals surface area contributed by atoms with Crippen LogP contribution in [0.2, 0.25) is 0 Å². The van der Waals surface area contributed by atoms with Crippen LogP contribution < -0.4 is 0 Å². The summed E-state index contributed by atoms with van der Waals surface area (Å²) < 4.78 is 5.35. The second-order valence-corrected chi connectivity index (χ2v) is 8.32. The van der Waals surface area contributed by atoms with Crippen LogP contribution in [0, 0.1) is 17.3 Å². The predicted molar refractivity (Wildman–Crippen MR) is 90.3 cm³/mol. The van der Waals surface area contributed by atoms with Crippen molar-refractivity contribution >= 4 is 11.8 Å². The number of amides is 2.